The molecule has 2 N–H and O–H groups in total. The summed E-state index contributed by atoms with van der Waals surface area (Å²) in [6, 6.07) is 2.41. The summed E-state index contributed by atoms with van der Waals surface area (Å²) in [5.74, 6) is -1.01. The van der Waals surface area contributed by atoms with Crippen molar-refractivity contribution < 1.29 is 8.78 Å². The highest BCUT2D eigenvalue weighted by molar-refractivity contribution is 5.25. The topological polar surface area (TPSA) is 26.0 Å². The van der Waals surface area contributed by atoms with Crippen LogP contribution >= 0.6 is 0 Å². The van der Waals surface area contributed by atoms with Crippen LogP contribution in [-0.2, 0) is 6.42 Å². The van der Waals surface area contributed by atoms with E-state index in [1.165, 1.54) is 12.1 Å². The van der Waals surface area contributed by atoms with E-state index >= 15 is 0 Å². The minimum Gasteiger partial charge on any atom is -0.328 e. The van der Waals surface area contributed by atoms with Crippen LogP contribution in [0.5, 0.6) is 0 Å². The lowest BCUT2D eigenvalue weighted by atomic mass is 10.0. The number of benzene rings is 1. The van der Waals surface area contributed by atoms with Gasteiger partial charge in [0.2, 0.25) is 0 Å². The molecular formula is C10H13F2N. The second-order valence-corrected chi connectivity index (χ2v) is 3.39. The molecule has 0 aliphatic carbocycles. The largest absolute Gasteiger partial charge is 0.328 e. The molecular weight excluding hydrogens is 172 g/mol. The standard InChI is InChI=1S/C10H13F2N/c1-6-3-9(11)8(5-7(2)13)10(12)4-6/h3-4,7H,5,13H2,1-2H3/t7-/m1/s1. The van der Waals surface area contributed by atoms with Crippen molar-refractivity contribution in [3.63, 3.8) is 0 Å². The van der Waals surface area contributed by atoms with Crippen molar-refractivity contribution >= 4 is 0 Å². The lowest BCUT2D eigenvalue weighted by Gasteiger charge is -2.08. The highest BCUT2D eigenvalue weighted by Gasteiger charge is 2.11. The summed E-state index contributed by atoms with van der Waals surface area (Å²) >= 11 is 0. The minimum atomic E-state index is -0.505. The fraction of sp³-hybridized carbons (Fsp3) is 0.400. The predicted molar refractivity (Wildman–Crippen MR) is 48.4 cm³/mol. The molecule has 3 heteroatoms. The maximum Gasteiger partial charge on any atom is 0.129 e. The number of nitrogens with two attached hydrogens (primary N) is 1. The summed E-state index contributed by atoms with van der Waals surface area (Å²) in [6.07, 6.45) is 0.234. The van der Waals surface area contributed by atoms with Gasteiger partial charge in [0, 0.05) is 11.6 Å². The van der Waals surface area contributed by atoms with Gasteiger partial charge in [-0.3, -0.25) is 0 Å². The third-order valence-electron chi connectivity index (χ3n) is 1.81. The van der Waals surface area contributed by atoms with E-state index in [0.29, 0.717) is 5.56 Å². The van der Waals surface area contributed by atoms with Gasteiger partial charge < -0.3 is 5.73 Å². The molecule has 1 rings (SSSR count). The monoisotopic (exact) mass is 185 g/mol. The van der Waals surface area contributed by atoms with Crippen LogP contribution in [0.3, 0.4) is 0 Å². The van der Waals surface area contributed by atoms with E-state index in [2.05, 4.69) is 0 Å². The first-order valence-electron chi connectivity index (χ1n) is 4.21. The fourth-order valence-corrected chi connectivity index (χ4v) is 1.25. The first-order valence-corrected chi connectivity index (χ1v) is 4.21. The number of rotatable bonds is 2. The minimum absolute atomic E-state index is 0.0839. The molecule has 0 aromatic heterocycles. The zero-order valence-corrected chi connectivity index (χ0v) is 7.77. The maximum atomic E-state index is 13.2. The van der Waals surface area contributed by atoms with Gasteiger partial charge in [-0.2, -0.15) is 0 Å². The van der Waals surface area contributed by atoms with Gasteiger partial charge in [0.25, 0.3) is 0 Å². The number of hydrogen-bond donors (Lipinski definition) is 1. The van der Waals surface area contributed by atoms with E-state index in [0.717, 1.165) is 0 Å². The number of hydrogen-bond acceptors (Lipinski definition) is 1. The second kappa shape index (κ2) is 3.83. The first kappa shape index (κ1) is 10.1. The van der Waals surface area contributed by atoms with Crippen LogP contribution < -0.4 is 5.73 Å². The Morgan fingerprint density at radius 2 is 1.77 bits per heavy atom. The van der Waals surface area contributed by atoms with Crippen LogP contribution in [0.2, 0.25) is 0 Å². The molecule has 0 saturated carbocycles. The molecule has 1 nitrogen and oxygen atoms in total. The Labute approximate surface area is 76.6 Å². The zero-order chi connectivity index (χ0) is 10.0. The SMILES string of the molecule is Cc1cc(F)c(C[C@@H](C)N)c(F)c1. The Bertz CT molecular complexity index is 285. The normalized spacial score (nSPS) is 13.0. The lowest BCUT2D eigenvalue weighted by molar-refractivity contribution is 0.540. The summed E-state index contributed by atoms with van der Waals surface area (Å²) < 4.78 is 26.4. The molecule has 0 saturated heterocycles. The Morgan fingerprint density at radius 1 is 1.31 bits per heavy atom. The Hall–Kier alpha value is -0.960. The molecule has 1 aromatic carbocycles. The first-order chi connectivity index (χ1) is 6.00. The van der Waals surface area contributed by atoms with E-state index in [-0.39, 0.29) is 18.0 Å². The highest BCUT2D eigenvalue weighted by Crippen LogP contribution is 2.16. The molecule has 72 valence electrons. The van der Waals surface area contributed by atoms with Crippen LogP contribution in [0.15, 0.2) is 12.1 Å². The molecule has 13 heavy (non-hydrogen) atoms. The van der Waals surface area contributed by atoms with Crippen molar-refractivity contribution in [3.8, 4) is 0 Å². The van der Waals surface area contributed by atoms with E-state index < -0.39 is 11.6 Å². The van der Waals surface area contributed by atoms with E-state index in [1.807, 2.05) is 0 Å². The van der Waals surface area contributed by atoms with Crippen LogP contribution in [-0.4, -0.2) is 6.04 Å². The molecule has 0 amide bonds. The van der Waals surface area contributed by atoms with Crippen LogP contribution in [0.1, 0.15) is 18.1 Å². The smallest absolute Gasteiger partial charge is 0.129 e. The van der Waals surface area contributed by atoms with Crippen molar-refractivity contribution in [3.05, 3.63) is 34.9 Å². The molecule has 0 aliphatic heterocycles. The van der Waals surface area contributed by atoms with Crippen molar-refractivity contribution in [2.75, 3.05) is 0 Å². The summed E-state index contributed by atoms with van der Waals surface area (Å²) in [7, 11) is 0. The fourth-order valence-electron chi connectivity index (χ4n) is 1.25. The van der Waals surface area contributed by atoms with Gasteiger partial charge in [0.1, 0.15) is 11.6 Å². The Kier molecular flexibility index (Phi) is 2.98. The maximum absolute atomic E-state index is 13.2. The van der Waals surface area contributed by atoms with Gasteiger partial charge >= 0.3 is 0 Å². The van der Waals surface area contributed by atoms with Gasteiger partial charge in [-0.25, -0.2) is 8.78 Å². The summed E-state index contributed by atoms with van der Waals surface area (Å²) in [5, 5.41) is 0. The van der Waals surface area contributed by atoms with Gasteiger partial charge in [-0.1, -0.05) is 0 Å². The molecule has 0 unspecified atom stereocenters. The Balaban J connectivity index is 3.06. The average molecular weight is 185 g/mol. The highest BCUT2D eigenvalue weighted by atomic mass is 19.1. The molecule has 0 radical (unpaired) electrons. The zero-order valence-electron chi connectivity index (χ0n) is 7.77. The van der Waals surface area contributed by atoms with Crippen LogP contribution in [0, 0.1) is 18.6 Å². The number of halogens is 2. The van der Waals surface area contributed by atoms with E-state index in [9.17, 15) is 8.78 Å². The van der Waals surface area contributed by atoms with Crippen molar-refractivity contribution in [1.82, 2.24) is 0 Å². The molecule has 0 spiro atoms. The molecule has 0 bridgehead atoms. The van der Waals surface area contributed by atoms with Gasteiger partial charge in [-0.15, -0.1) is 0 Å². The quantitative estimate of drug-likeness (QED) is 0.750. The third kappa shape index (κ3) is 2.49. The summed E-state index contributed by atoms with van der Waals surface area (Å²) in [5.41, 5.74) is 6.14. The van der Waals surface area contributed by atoms with Gasteiger partial charge in [0.15, 0.2) is 0 Å². The molecule has 0 fully saturated rings. The molecule has 0 heterocycles. The second-order valence-electron chi connectivity index (χ2n) is 3.39. The summed E-state index contributed by atoms with van der Waals surface area (Å²) in [6.45, 7) is 3.38. The molecule has 1 atom stereocenters. The molecule has 0 aliphatic rings. The number of aryl methyl sites for hydroxylation is 1. The van der Waals surface area contributed by atoms with Crippen LogP contribution in [0.25, 0.3) is 0 Å². The van der Waals surface area contributed by atoms with Crippen molar-refractivity contribution in [1.29, 1.82) is 0 Å². The van der Waals surface area contributed by atoms with Crippen molar-refractivity contribution in [2.45, 2.75) is 26.3 Å². The average Bonchev–Trinajstić information content (AvgIpc) is 1.96. The van der Waals surface area contributed by atoms with E-state index in [1.54, 1.807) is 13.8 Å². The van der Waals surface area contributed by atoms with Crippen molar-refractivity contribution in [2.24, 2.45) is 5.73 Å². The predicted octanol–water partition coefficient (Wildman–Crippen LogP) is 2.16. The Morgan fingerprint density at radius 3 is 2.15 bits per heavy atom. The summed E-state index contributed by atoms with van der Waals surface area (Å²) in [4.78, 5) is 0. The van der Waals surface area contributed by atoms with E-state index in [4.69, 9.17) is 5.73 Å². The van der Waals surface area contributed by atoms with Gasteiger partial charge in [0.05, 0.1) is 0 Å². The third-order valence-corrected chi connectivity index (χ3v) is 1.81. The lowest BCUT2D eigenvalue weighted by Crippen LogP contribution is -2.19. The van der Waals surface area contributed by atoms with Gasteiger partial charge in [-0.05, 0) is 38.0 Å². The van der Waals surface area contributed by atoms with Crippen LogP contribution in [0.4, 0.5) is 8.78 Å². The molecule has 1 aromatic rings.